The average Bonchev–Trinajstić information content (AvgIpc) is 2.46. The molecule has 1 heterocycles. The van der Waals surface area contributed by atoms with Crippen LogP contribution >= 0.6 is 0 Å². The van der Waals surface area contributed by atoms with Gasteiger partial charge in [-0.15, -0.1) is 0 Å². The van der Waals surface area contributed by atoms with E-state index in [1.165, 1.54) is 6.92 Å². The monoisotopic (exact) mass is 253 g/mol. The van der Waals surface area contributed by atoms with E-state index in [2.05, 4.69) is 14.7 Å². The average molecular weight is 253 g/mol. The van der Waals surface area contributed by atoms with Crippen molar-refractivity contribution in [3.8, 4) is 0 Å². The van der Waals surface area contributed by atoms with Crippen LogP contribution in [0.1, 0.15) is 11.7 Å². The third-order valence-electron chi connectivity index (χ3n) is 1.69. The summed E-state index contributed by atoms with van der Waals surface area (Å²) in [6, 6.07) is 0. The van der Waals surface area contributed by atoms with Crippen LogP contribution in [0, 0.1) is 6.92 Å². The second-order valence-corrected chi connectivity index (χ2v) is 3.39. The van der Waals surface area contributed by atoms with E-state index in [1.54, 1.807) is 0 Å². The largest absolute Gasteiger partial charge is 0.480 e. The molecule has 0 aliphatic heterocycles. The van der Waals surface area contributed by atoms with Crippen molar-refractivity contribution in [2.75, 3.05) is 13.1 Å². The molecule has 1 rings (SSSR count). The summed E-state index contributed by atoms with van der Waals surface area (Å²) in [4.78, 5) is 14.8. The van der Waals surface area contributed by atoms with Crippen LogP contribution in [-0.2, 0) is 11.3 Å². The minimum Gasteiger partial charge on any atom is -0.480 e. The molecule has 0 aliphatic rings. The number of aliphatic carboxylic acids is 1. The SMILES string of the molecule is Cc1noc(CN(CC(=O)O)CC(F)(F)F)n1. The van der Waals surface area contributed by atoms with E-state index in [1.807, 2.05) is 0 Å². The molecule has 96 valence electrons. The molecule has 0 aliphatic carbocycles. The molecular weight excluding hydrogens is 243 g/mol. The number of aromatic nitrogens is 2. The van der Waals surface area contributed by atoms with E-state index in [0.29, 0.717) is 4.90 Å². The van der Waals surface area contributed by atoms with E-state index in [-0.39, 0.29) is 18.3 Å². The highest BCUT2D eigenvalue weighted by Gasteiger charge is 2.32. The second kappa shape index (κ2) is 5.13. The Kier molecular flexibility index (Phi) is 4.05. The van der Waals surface area contributed by atoms with Crippen molar-refractivity contribution in [1.29, 1.82) is 0 Å². The normalized spacial score (nSPS) is 12.1. The first-order valence-electron chi connectivity index (χ1n) is 4.56. The molecule has 0 unspecified atom stereocenters. The molecule has 0 radical (unpaired) electrons. The van der Waals surface area contributed by atoms with Crippen LogP contribution in [0.4, 0.5) is 13.2 Å². The highest BCUT2D eigenvalue weighted by molar-refractivity contribution is 5.69. The van der Waals surface area contributed by atoms with Crippen LogP contribution in [0.15, 0.2) is 4.52 Å². The van der Waals surface area contributed by atoms with Crippen LogP contribution in [-0.4, -0.2) is 45.4 Å². The minimum atomic E-state index is -4.48. The van der Waals surface area contributed by atoms with Gasteiger partial charge < -0.3 is 9.63 Å². The van der Waals surface area contributed by atoms with Gasteiger partial charge in [0.1, 0.15) is 0 Å². The first kappa shape index (κ1) is 13.4. The molecule has 0 bridgehead atoms. The van der Waals surface area contributed by atoms with Crippen molar-refractivity contribution >= 4 is 5.97 Å². The molecular formula is C8H10F3N3O3. The van der Waals surface area contributed by atoms with Gasteiger partial charge in [-0.05, 0) is 6.92 Å². The van der Waals surface area contributed by atoms with Crippen LogP contribution in [0.2, 0.25) is 0 Å². The Morgan fingerprint density at radius 3 is 2.59 bits per heavy atom. The molecule has 9 heteroatoms. The number of hydrogen-bond acceptors (Lipinski definition) is 5. The van der Waals surface area contributed by atoms with Gasteiger partial charge >= 0.3 is 12.1 Å². The fourth-order valence-electron chi connectivity index (χ4n) is 1.21. The fraction of sp³-hybridized carbons (Fsp3) is 0.625. The highest BCUT2D eigenvalue weighted by Crippen LogP contribution is 2.17. The molecule has 0 amide bonds. The van der Waals surface area contributed by atoms with Crippen molar-refractivity contribution in [1.82, 2.24) is 15.0 Å². The summed E-state index contributed by atoms with van der Waals surface area (Å²) in [7, 11) is 0. The minimum absolute atomic E-state index is 0.0481. The molecule has 0 spiro atoms. The molecule has 0 saturated carbocycles. The predicted molar refractivity (Wildman–Crippen MR) is 48.0 cm³/mol. The summed E-state index contributed by atoms with van der Waals surface area (Å²) in [6.07, 6.45) is -4.48. The number of alkyl halides is 3. The third-order valence-corrected chi connectivity index (χ3v) is 1.69. The number of aryl methyl sites for hydroxylation is 1. The van der Waals surface area contributed by atoms with Crippen molar-refractivity contribution in [3.63, 3.8) is 0 Å². The molecule has 0 aromatic carbocycles. The van der Waals surface area contributed by atoms with Gasteiger partial charge in [-0.1, -0.05) is 5.16 Å². The summed E-state index contributed by atoms with van der Waals surface area (Å²) < 4.78 is 41.1. The summed E-state index contributed by atoms with van der Waals surface area (Å²) in [6.45, 7) is -0.938. The van der Waals surface area contributed by atoms with Crippen molar-refractivity contribution in [2.45, 2.75) is 19.6 Å². The number of carboxylic acid groups (broad SMARTS) is 1. The molecule has 0 fully saturated rings. The number of hydrogen-bond donors (Lipinski definition) is 1. The number of nitrogens with zero attached hydrogens (tertiary/aromatic N) is 3. The lowest BCUT2D eigenvalue weighted by molar-refractivity contribution is -0.155. The molecule has 1 N–H and O–H groups in total. The van der Waals surface area contributed by atoms with Crippen molar-refractivity contribution in [3.05, 3.63) is 11.7 Å². The number of halogens is 3. The lowest BCUT2D eigenvalue weighted by Crippen LogP contribution is -2.37. The summed E-state index contributed by atoms with van der Waals surface area (Å²) in [5.41, 5.74) is 0. The lowest BCUT2D eigenvalue weighted by Gasteiger charge is -2.19. The summed E-state index contributed by atoms with van der Waals surface area (Å²) in [5, 5.41) is 11.9. The van der Waals surface area contributed by atoms with E-state index in [4.69, 9.17) is 5.11 Å². The maximum atomic E-state index is 12.2. The number of carbonyl (C=O) groups is 1. The number of rotatable bonds is 5. The first-order chi connectivity index (χ1) is 7.76. The van der Waals surface area contributed by atoms with Gasteiger partial charge in [0.15, 0.2) is 5.82 Å². The Morgan fingerprint density at radius 2 is 2.18 bits per heavy atom. The van der Waals surface area contributed by atoms with Gasteiger partial charge in [-0.25, -0.2) is 0 Å². The zero-order valence-corrected chi connectivity index (χ0v) is 8.86. The molecule has 1 aromatic heterocycles. The highest BCUT2D eigenvalue weighted by atomic mass is 19.4. The molecule has 1 aromatic rings. The quantitative estimate of drug-likeness (QED) is 0.837. The van der Waals surface area contributed by atoms with Crippen molar-refractivity contribution in [2.24, 2.45) is 0 Å². The maximum Gasteiger partial charge on any atom is 0.401 e. The smallest absolute Gasteiger partial charge is 0.401 e. The summed E-state index contributed by atoms with van der Waals surface area (Å²) >= 11 is 0. The van der Waals surface area contributed by atoms with Gasteiger partial charge in [0, 0.05) is 0 Å². The fourth-order valence-corrected chi connectivity index (χ4v) is 1.21. The van der Waals surface area contributed by atoms with Crippen LogP contribution in [0.5, 0.6) is 0 Å². The Bertz CT molecular complexity index is 391. The Morgan fingerprint density at radius 1 is 1.53 bits per heavy atom. The maximum absolute atomic E-state index is 12.2. The third kappa shape index (κ3) is 5.29. The van der Waals surface area contributed by atoms with Gasteiger partial charge in [-0.3, -0.25) is 9.69 Å². The van der Waals surface area contributed by atoms with E-state index in [0.717, 1.165) is 0 Å². The molecule has 6 nitrogen and oxygen atoms in total. The van der Waals surface area contributed by atoms with Crippen LogP contribution in [0.3, 0.4) is 0 Å². The zero-order valence-electron chi connectivity index (χ0n) is 8.86. The molecule has 17 heavy (non-hydrogen) atoms. The Labute approximate surface area is 94.0 Å². The lowest BCUT2D eigenvalue weighted by atomic mass is 10.4. The van der Waals surface area contributed by atoms with E-state index in [9.17, 15) is 18.0 Å². The standard InChI is InChI=1S/C8H10F3N3O3/c1-5-12-6(17-13-5)2-14(3-7(15)16)4-8(9,10)11/h2-4H2,1H3,(H,15,16). The number of carboxylic acids is 1. The first-order valence-corrected chi connectivity index (χ1v) is 4.56. The van der Waals surface area contributed by atoms with Gasteiger partial charge in [-0.2, -0.15) is 18.2 Å². The molecule has 0 saturated heterocycles. The predicted octanol–water partition coefficient (Wildman–Crippen LogP) is 0.827. The van der Waals surface area contributed by atoms with Crippen molar-refractivity contribution < 1.29 is 27.6 Å². The second-order valence-electron chi connectivity index (χ2n) is 3.39. The topological polar surface area (TPSA) is 79.5 Å². The van der Waals surface area contributed by atoms with E-state index < -0.39 is 25.2 Å². The Hall–Kier alpha value is -1.64. The van der Waals surface area contributed by atoms with Gasteiger partial charge in [0.05, 0.1) is 19.6 Å². The summed E-state index contributed by atoms with van der Waals surface area (Å²) in [5.74, 6) is -1.12. The van der Waals surface area contributed by atoms with E-state index >= 15 is 0 Å². The zero-order chi connectivity index (χ0) is 13.1. The van der Waals surface area contributed by atoms with Crippen LogP contribution in [0.25, 0.3) is 0 Å². The molecule has 0 atom stereocenters. The van der Waals surface area contributed by atoms with Crippen LogP contribution < -0.4 is 0 Å². The Balaban J connectivity index is 2.66. The van der Waals surface area contributed by atoms with Gasteiger partial charge in [0.2, 0.25) is 5.89 Å². The van der Waals surface area contributed by atoms with Gasteiger partial charge in [0.25, 0.3) is 0 Å².